The van der Waals surface area contributed by atoms with Crippen LogP contribution in [0.5, 0.6) is 0 Å². The molecule has 0 saturated carbocycles. The van der Waals surface area contributed by atoms with Crippen molar-refractivity contribution in [1.29, 1.82) is 0 Å². The van der Waals surface area contributed by atoms with E-state index in [0.29, 0.717) is 33.2 Å². The van der Waals surface area contributed by atoms with Crippen LogP contribution in [0.25, 0.3) is 0 Å². The van der Waals surface area contributed by atoms with Gasteiger partial charge >= 0.3 is 24.1 Å². The third-order valence-corrected chi connectivity index (χ3v) is 6.30. The second-order valence-electron chi connectivity index (χ2n) is 10.0. The smallest absolute Gasteiger partial charge is 0.422 e. The molecule has 2 rings (SSSR count). The zero-order valence-electron chi connectivity index (χ0n) is 22.5. The van der Waals surface area contributed by atoms with Crippen LogP contribution in [0.3, 0.4) is 0 Å². The van der Waals surface area contributed by atoms with Gasteiger partial charge in [-0.05, 0) is 24.7 Å². The van der Waals surface area contributed by atoms with Gasteiger partial charge in [0, 0.05) is 26.6 Å². The van der Waals surface area contributed by atoms with Crippen LogP contribution in [0.1, 0.15) is 47.5 Å². The Morgan fingerprint density at radius 2 is 1.56 bits per heavy atom. The van der Waals surface area contributed by atoms with Crippen LogP contribution in [0.15, 0.2) is 11.5 Å². The lowest BCUT2D eigenvalue weighted by atomic mass is 10.0. The predicted molar refractivity (Wildman–Crippen MR) is 127 cm³/mol. The number of rotatable bonds is 8. The van der Waals surface area contributed by atoms with E-state index in [0.717, 1.165) is 4.90 Å². The number of carbonyl (C=O) groups excluding carboxylic acids is 4. The van der Waals surface area contributed by atoms with Crippen molar-refractivity contribution >= 4 is 23.8 Å². The Labute approximate surface area is 223 Å². The Kier molecular flexibility index (Phi) is 10.7. The molecule has 39 heavy (non-hydrogen) atoms. The number of likely N-dealkylation sites (tertiary alicyclic amines) is 1. The van der Waals surface area contributed by atoms with Crippen LogP contribution < -0.4 is 10.6 Å². The molecule has 2 aliphatic rings. The van der Waals surface area contributed by atoms with E-state index in [1.165, 1.54) is 18.7 Å². The van der Waals surface area contributed by atoms with Gasteiger partial charge in [0.2, 0.25) is 17.6 Å². The number of alkyl halides is 5. The molecule has 0 aliphatic carbocycles. The van der Waals surface area contributed by atoms with Crippen molar-refractivity contribution in [1.82, 2.24) is 20.4 Å². The molecular formula is C24H35F5N4O6. The van der Waals surface area contributed by atoms with Gasteiger partial charge in [0.1, 0.15) is 12.1 Å². The second-order valence-corrected chi connectivity index (χ2v) is 10.0. The van der Waals surface area contributed by atoms with Gasteiger partial charge in [0.15, 0.2) is 0 Å². The number of ether oxygens (including phenoxy) is 2. The van der Waals surface area contributed by atoms with E-state index < -0.39 is 71.3 Å². The van der Waals surface area contributed by atoms with E-state index >= 15 is 0 Å². The molecule has 2 heterocycles. The molecule has 0 aromatic rings. The van der Waals surface area contributed by atoms with Gasteiger partial charge in [-0.2, -0.15) is 22.0 Å². The highest BCUT2D eigenvalue weighted by Crippen LogP contribution is 2.45. The zero-order chi connectivity index (χ0) is 29.7. The maximum absolute atomic E-state index is 14.5. The molecule has 2 atom stereocenters. The third kappa shape index (κ3) is 7.79. The molecule has 2 fully saturated rings. The first-order valence-electron chi connectivity index (χ1n) is 12.6. The van der Waals surface area contributed by atoms with E-state index in [1.807, 2.05) is 0 Å². The normalized spacial score (nSPS) is 20.1. The quantitative estimate of drug-likeness (QED) is 0.262. The summed E-state index contributed by atoms with van der Waals surface area (Å²) in [5.74, 6) is -12.1. The number of nitrogens with zero attached hydrogens (tertiary/aromatic N) is 2. The monoisotopic (exact) mass is 570 g/mol. The van der Waals surface area contributed by atoms with Gasteiger partial charge in [0.25, 0.3) is 0 Å². The van der Waals surface area contributed by atoms with Crippen molar-refractivity contribution in [3.05, 3.63) is 11.5 Å². The summed E-state index contributed by atoms with van der Waals surface area (Å²) in [6, 6.07) is -2.97. The maximum atomic E-state index is 14.5. The molecule has 0 bridgehead atoms. The Morgan fingerprint density at radius 3 is 2.05 bits per heavy atom. The third-order valence-electron chi connectivity index (χ3n) is 6.30. The number of halogens is 5. The van der Waals surface area contributed by atoms with Crippen LogP contribution in [0, 0.1) is 11.8 Å². The molecule has 0 aromatic carbocycles. The highest BCUT2D eigenvalue weighted by Gasteiger charge is 2.63. The summed E-state index contributed by atoms with van der Waals surface area (Å²) in [6.07, 6.45) is -5.81. The van der Waals surface area contributed by atoms with Crippen molar-refractivity contribution in [2.45, 2.75) is 71.6 Å². The average Bonchev–Trinajstić information content (AvgIpc) is 3.30. The number of allylic oxidation sites excluding steroid dienone is 2. The van der Waals surface area contributed by atoms with Crippen LogP contribution in [-0.4, -0.2) is 90.6 Å². The lowest BCUT2D eigenvalue weighted by Gasteiger charge is -2.34. The summed E-state index contributed by atoms with van der Waals surface area (Å²) in [6.45, 7) is 7.79. The lowest BCUT2D eigenvalue weighted by molar-refractivity contribution is -0.276. The molecule has 10 nitrogen and oxygen atoms in total. The predicted octanol–water partition coefficient (Wildman–Crippen LogP) is 2.79. The Bertz CT molecular complexity index is 963. The van der Waals surface area contributed by atoms with Crippen LogP contribution in [0.4, 0.5) is 26.7 Å². The molecule has 0 spiro atoms. The first-order chi connectivity index (χ1) is 18.0. The summed E-state index contributed by atoms with van der Waals surface area (Å²) in [7, 11) is 0. The van der Waals surface area contributed by atoms with Crippen molar-refractivity contribution in [2.75, 3.05) is 32.8 Å². The van der Waals surface area contributed by atoms with E-state index in [1.54, 1.807) is 13.8 Å². The molecule has 15 heteroatoms. The molecule has 0 radical (unpaired) electrons. The van der Waals surface area contributed by atoms with Gasteiger partial charge in [0.05, 0.1) is 18.9 Å². The summed E-state index contributed by atoms with van der Waals surface area (Å²) >= 11 is 0. The second kappa shape index (κ2) is 12.9. The number of imide groups is 1. The fourth-order valence-corrected chi connectivity index (χ4v) is 4.41. The van der Waals surface area contributed by atoms with Gasteiger partial charge in [-0.25, -0.2) is 4.79 Å². The lowest BCUT2D eigenvalue weighted by Crippen LogP contribution is -2.57. The topological polar surface area (TPSA) is 117 Å². The van der Waals surface area contributed by atoms with Crippen LogP contribution in [0.2, 0.25) is 0 Å². The number of urea groups is 1. The van der Waals surface area contributed by atoms with E-state index in [4.69, 9.17) is 4.74 Å². The Morgan fingerprint density at radius 1 is 0.974 bits per heavy atom. The standard InChI is InChI=1S/C24H35F5N4O6/c1-13(2)17(30-22(37)32-9-11-38-12-10-32)21(36)31-20(35)16-7-6-8-33(16)18(14(3)4)19(39-15(5)34)23(25,26)24(27,28)29/h13-14,16-17H,6-12H2,1-5H3,(H,30,37)(H,31,35,36)/b19-18+/t16-,17-/m0/s1. The molecule has 2 saturated heterocycles. The number of esters is 1. The van der Waals surface area contributed by atoms with Crippen molar-refractivity contribution in [2.24, 2.45) is 11.8 Å². The van der Waals surface area contributed by atoms with Gasteiger partial charge < -0.3 is 24.6 Å². The fourth-order valence-electron chi connectivity index (χ4n) is 4.41. The number of hydrogen-bond acceptors (Lipinski definition) is 7. The first kappa shape index (κ1) is 32.2. The molecular weight excluding hydrogens is 535 g/mol. The summed E-state index contributed by atoms with van der Waals surface area (Å²) in [4.78, 5) is 52.7. The zero-order valence-corrected chi connectivity index (χ0v) is 22.5. The minimum atomic E-state index is -6.07. The first-order valence-corrected chi connectivity index (χ1v) is 12.6. The number of nitrogens with one attached hydrogen (secondary N) is 2. The van der Waals surface area contributed by atoms with Crippen molar-refractivity contribution in [3.8, 4) is 0 Å². The number of carbonyl (C=O) groups is 4. The number of hydrogen-bond donors (Lipinski definition) is 2. The number of morpholine rings is 1. The van der Waals surface area contributed by atoms with E-state index in [9.17, 15) is 41.1 Å². The van der Waals surface area contributed by atoms with Crippen LogP contribution >= 0.6 is 0 Å². The maximum Gasteiger partial charge on any atom is 0.461 e. The minimum Gasteiger partial charge on any atom is -0.422 e. The largest absolute Gasteiger partial charge is 0.461 e. The summed E-state index contributed by atoms with van der Waals surface area (Å²) in [5.41, 5.74) is -0.668. The van der Waals surface area contributed by atoms with Crippen molar-refractivity contribution in [3.63, 3.8) is 0 Å². The van der Waals surface area contributed by atoms with E-state index in [-0.39, 0.29) is 19.4 Å². The molecule has 0 unspecified atom stereocenters. The summed E-state index contributed by atoms with van der Waals surface area (Å²) < 4.78 is 78.6. The molecule has 0 aromatic heterocycles. The minimum absolute atomic E-state index is 0.0345. The van der Waals surface area contributed by atoms with Gasteiger partial charge in [-0.15, -0.1) is 0 Å². The molecule has 2 aliphatic heterocycles. The molecule has 4 amide bonds. The fraction of sp³-hybridized carbons (Fsp3) is 0.750. The highest BCUT2D eigenvalue weighted by atomic mass is 19.4. The van der Waals surface area contributed by atoms with Crippen molar-refractivity contribution < 1.29 is 50.6 Å². The molecule has 2 N–H and O–H groups in total. The average molecular weight is 571 g/mol. The number of amides is 4. The van der Waals surface area contributed by atoms with Crippen LogP contribution in [-0.2, 0) is 23.9 Å². The van der Waals surface area contributed by atoms with E-state index in [2.05, 4.69) is 15.4 Å². The SMILES string of the molecule is CC(=O)O/C(=C(\C(C)C)N1CCC[C@H]1C(=O)NC(=O)[C@@H](NC(=O)N1CCOCC1)C(C)C)C(F)(F)C(F)(F)F. The Hall–Kier alpha value is -2.97. The van der Waals surface area contributed by atoms with Gasteiger partial charge in [-0.1, -0.05) is 27.7 Å². The highest BCUT2D eigenvalue weighted by molar-refractivity contribution is 6.01. The molecule has 222 valence electrons. The Balaban J connectivity index is 2.33. The van der Waals surface area contributed by atoms with Gasteiger partial charge in [-0.3, -0.25) is 19.7 Å². The summed E-state index contributed by atoms with van der Waals surface area (Å²) in [5, 5.41) is 4.74.